The molecule has 4 rings (SSSR count). The molecule has 8 heteroatoms. The molecule has 1 aromatic heterocycles. The van der Waals surface area contributed by atoms with E-state index in [0.29, 0.717) is 17.3 Å². The molecule has 1 amide bonds. The number of nitrogens with zero attached hydrogens (tertiary/aromatic N) is 1. The highest BCUT2D eigenvalue weighted by atomic mass is 19.4. The van der Waals surface area contributed by atoms with Crippen LogP contribution in [-0.4, -0.2) is 15.6 Å². The van der Waals surface area contributed by atoms with Crippen LogP contribution in [0.5, 0.6) is 5.75 Å². The number of pyridine rings is 1. The van der Waals surface area contributed by atoms with Gasteiger partial charge in [-0.15, -0.1) is 0 Å². The van der Waals surface area contributed by atoms with Crippen LogP contribution in [0, 0.1) is 0 Å². The van der Waals surface area contributed by atoms with Crippen molar-refractivity contribution in [2.24, 2.45) is 0 Å². The number of anilines is 1. The molecule has 5 nitrogen and oxygen atoms in total. The van der Waals surface area contributed by atoms with Gasteiger partial charge in [-0.25, -0.2) is 0 Å². The van der Waals surface area contributed by atoms with E-state index >= 15 is 0 Å². The van der Waals surface area contributed by atoms with Crippen molar-refractivity contribution in [3.63, 3.8) is 0 Å². The first kappa shape index (κ1) is 18.1. The predicted octanol–water partition coefficient (Wildman–Crippen LogP) is 4.10. The SMILES string of the molecule is C[C@@H]1Cc2cccc3c(O)c(C(=O)Nc4cccc(C(F)(F)F)c4)c(=O)n1c23. The number of carbonyl (C=O) groups is 1. The number of rotatable bonds is 2. The zero-order valence-corrected chi connectivity index (χ0v) is 14.7. The van der Waals surface area contributed by atoms with Crippen LogP contribution < -0.4 is 10.9 Å². The summed E-state index contributed by atoms with van der Waals surface area (Å²) in [7, 11) is 0. The molecule has 3 aromatic rings. The third-order valence-electron chi connectivity index (χ3n) is 4.92. The van der Waals surface area contributed by atoms with Crippen molar-refractivity contribution < 1.29 is 23.1 Å². The molecule has 0 bridgehead atoms. The van der Waals surface area contributed by atoms with Crippen molar-refractivity contribution in [2.75, 3.05) is 5.32 Å². The third-order valence-corrected chi connectivity index (χ3v) is 4.92. The highest BCUT2D eigenvalue weighted by molar-refractivity contribution is 6.09. The molecule has 1 aliphatic rings. The Balaban J connectivity index is 1.81. The molecule has 0 saturated carbocycles. The molecule has 0 radical (unpaired) electrons. The van der Waals surface area contributed by atoms with Crippen LogP contribution >= 0.6 is 0 Å². The molecule has 1 aliphatic heterocycles. The van der Waals surface area contributed by atoms with E-state index in [4.69, 9.17) is 0 Å². The highest BCUT2D eigenvalue weighted by Crippen LogP contribution is 2.36. The first-order chi connectivity index (χ1) is 13.2. The van der Waals surface area contributed by atoms with Gasteiger partial charge in [-0.2, -0.15) is 13.2 Å². The molecule has 144 valence electrons. The molecule has 2 aromatic carbocycles. The number of benzene rings is 2. The van der Waals surface area contributed by atoms with Crippen molar-refractivity contribution in [3.05, 3.63) is 69.5 Å². The lowest BCUT2D eigenvalue weighted by atomic mass is 10.1. The predicted molar refractivity (Wildman–Crippen MR) is 97.7 cm³/mol. The molecule has 2 heterocycles. The minimum absolute atomic E-state index is 0.123. The first-order valence-corrected chi connectivity index (χ1v) is 8.56. The molecule has 0 unspecified atom stereocenters. The Morgan fingerprint density at radius 1 is 1.21 bits per heavy atom. The van der Waals surface area contributed by atoms with Crippen LogP contribution in [0.1, 0.15) is 34.5 Å². The van der Waals surface area contributed by atoms with Crippen LogP contribution in [0.15, 0.2) is 47.3 Å². The molecule has 2 N–H and O–H groups in total. The second-order valence-electron chi connectivity index (χ2n) is 6.80. The van der Waals surface area contributed by atoms with Gasteiger partial charge < -0.3 is 15.0 Å². The van der Waals surface area contributed by atoms with Gasteiger partial charge in [0.25, 0.3) is 11.5 Å². The highest BCUT2D eigenvalue weighted by Gasteiger charge is 2.32. The summed E-state index contributed by atoms with van der Waals surface area (Å²) >= 11 is 0. The normalized spacial score (nSPS) is 15.8. The molecular formula is C20H15F3N2O3. The number of hydrogen-bond donors (Lipinski definition) is 2. The lowest BCUT2D eigenvalue weighted by Crippen LogP contribution is -2.30. The number of aromatic nitrogens is 1. The standard InChI is InChI=1S/C20H15F3N2O3/c1-10-8-11-4-2-7-14-16(11)25(10)19(28)15(17(14)26)18(27)24-13-6-3-5-12(9-13)20(21,22)23/h2-7,9-10,26H,8H2,1H3,(H,24,27)/t10-/m1/s1. The van der Waals surface area contributed by atoms with Gasteiger partial charge in [-0.05, 0) is 43.2 Å². The van der Waals surface area contributed by atoms with Gasteiger partial charge in [0.15, 0.2) is 0 Å². The summed E-state index contributed by atoms with van der Waals surface area (Å²) in [6, 6.07) is 9.05. The summed E-state index contributed by atoms with van der Waals surface area (Å²) in [5.41, 5.74) is -0.748. The van der Waals surface area contributed by atoms with Gasteiger partial charge >= 0.3 is 6.18 Å². The van der Waals surface area contributed by atoms with E-state index in [0.717, 1.165) is 23.8 Å². The second kappa shape index (κ2) is 6.12. The lowest BCUT2D eigenvalue weighted by molar-refractivity contribution is -0.137. The van der Waals surface area contributed by atoms with Crippen molar-refractivity contribution in [1.29, 1.82) is 0 Å². The fourth-order valence-corrected chi connectivity index (χ4v) is 3.69. The van der Waals surface area contributed by atoms with E-state index in [1.807, 2.05) is 13.0 Å². The lowest BCUT2D eigenvalue weighted by Gasteiger charge is -2.14. The number of alkyl halides is 3. The van der Waals surface area contributed by atoms with Crippen LogP contribution in [-0.2, 0) is 12.6 Å². The summed E-state index contributed by atoms with van der Waals surface area (Å²) in [6.07, 6.45) is -3.98. The van der Waals surface area contributed by atoms with Gasteiger partial charge in [0.1, 0.15) is 11.3 Å². The average Bonchev–Trinajstić information content (AvgIpc) is 2.96. The second-order valence-corrected chi connectivity index (χ2v) is 6.80. The average molecular weight is 388 g/mol. The molecule has 0 aliphatic carbocycles. The van der Waals surface area contributed by atoms with E-state index in [1.54, 1.807) is 12.1 Å². The Morgan fingerprint density at radius 2 is 1.93 bits per heavy atom. The van der Waals surface area contributed by atoms with Crippen LogP contribution in [0.2, 0.25) is 0 Å². The number of nitrogens with one attached hydrogen (secondary N) is 1. The monoisotopic (exact) mass is 388 g/mol. The molecule has 28 heavy (non-hydrogen) atoms. The fourth-order valence-electron chi connectivity index (χ4n) is 3.69. The van der Waals surface area contributed by atoms with Crippen molar-refractivity contribution in [2.45, 2.75) is 25.6 Å². The number of carbonyl (C=O) groups excluding carboxylic acids is 1. The van der Waals surface area contributed by atoms with Gasteiger partial charge in [-0.3, -0.25) is 9.59 Å². The fraction of sp³-hybridized carbons (Fsp3) is 0.200. The Hall–Kier alpha value is -3.29. The molecule has 0 fully saturated rings. The van der Waals surface area contributed by atoms with E-state index in [9.17, 15) is 27.9 Å². The third kappa shape index (κ3) is 2.72. The van der Waals surface area contributed by atoms with Crippen LogP contribution in [0.3, 0.4) is 0 Å². The number of hydrogen-bond acceptors (Lipinski definition) is 3. The Labute approximate surface area is 157 Å². The van der Waals surface area contributed by atoms with Gasteiger partial charge in [0.2, 0.25) is 0 Å². The maximum absolute atomic E-state index is 12.9. The minimum atomic E-state index is -4.57. The van der Waals surface area contributed by atoms with E-state index in [-0.39, 0.29) is 11.7 Å². The molecule has 0 saturated heterocycles. The number of amides is 1. The topological polar surface area (TPSA) is 71.3 Å². The quantitative estimate of drug-likeness (QED) is 0.695. The zero-order valence-electron chi connectivity index (χ0n) is 14.7. The van der Waals surface area contributed by atoms with Crippen LogP contribution in [0.4, 0.5) is 18.9 Å². The number of para-hydroxylation sites is 1. The van der Waals surface area contributed by atoms with Crippen molar-refractivity contribution in [1.82, 2.24) is 4.57 Å². The van der Waals surface area contributed by atoms with E-state index in [1.165, 1.54) is 10.6 Å². The zero-order chi connectivity index (χ0) is 20.2. The molecule has 0 spiro atoms. The maximum atomic E-state index is 12.9. The van der Waals surface area contributed by atoms with Crippen molar-refractivity contribution in [3.8, 4) is 5.75 Å². The summed E-state index contributed by atoms with van der Waals surface area (Å²) in [6.45, 7) is 1.83. The maximum Gasteiger partial charge on any atom is 0.416 e. The first-order valence-electron chi connectivity index (χ1n) is 8.56. The minimum Gasteiger partial charge on any atom is -0.506 e. The summed E-state index contributed by atoms with van der Waals surface area (Å²) in [4.78, 5) is 25.6. The van der Waals surface area contributed by atoms with E-state index < -0.39 is 34.5 Å². The summed E-state index contributed by atoms with van der Waals surface area (Å²) in [5, 5.41) is 13.2. The number of halogens is 3. The van der Waals surface area contributed by atoms with E-state index in [2.05, 4.69) is 5.32 Å². The molecule has 1 atom stereocenters. The van der Waals surface area contributed by atoms with Crippen molar-refractivity contribution >= 4 is 22.5 Å². The van der Waals surface area contributed by atoms with Gasteiger partial charge in [0.05, 0.1) is 11.1 Å². The smallest absolute Gasteiger partial charge is 0.416 e. The summed E-state index contributed by atoms with van der Waals surface area (Å²) in [5.74, 6) is -1.44. The Bertz CT molecular complexity index is 1180. The summed E-state index contributed by atoms with van der Waals surface area (Å²) < 4.78 is 40.1. The largest absolute Gasteiger partial charge is 0.506 e. The van der Waals surface area contributed by atoms with Gasteiger partial charge in [0, 0.05) is 17.1 Å². The van der Waals surface area contributed by atoms with Gasteiger partial charge in [-0.1, -0.05) is 18.2 Å². The Morgan fingerprint density at radius 3 is 2.64 bits per heavy atom. The molecular weight excluding hydrogens is 373 g/mol. The number of aromatic hydroxyl groups is 1. The Kier molecular flexibility index (Phi) is 3.95. The van der Waals surface area contributed by atoms with Crippen LogP contribution in [0.25, 0.3) is 10.9 Å².